The molecule has 4 nitrogen and oxygen atoms in total. The molecule has 31 heavy (non-hydrogen) atoms. The molecule has 0 aliphatic rings. The van der Waals surface area contributed by atoms with Gasteiger partial charge in [-0.3, -0.25) is 4.79 Å². The summed E-state index contributed by atoms with van der Waals surface area (Å²) in [4.78, 5) is 12.5. The molecular formula is C25H24Br2N2O2. The number of hydrazone groups is 1. The van der Waals surface area contributed by atoms with E-state index in [0.29, 0.717) is 17.9 Å². The first kappa shape index (κ1) is 23.2. The number of nitrogens with zero attached hydrogens (tertiary/aromatic N) is 1. The molecule has 0 radical (unpaired) electrons. The summed E-state index contributed by atoms with van der Waals surface area (Å²) in [7, 11) is 0. The van der Waals surface area contributed by atoms with Gasteiger partial charge >= 0.3 is 0 Å². The number of carbonyl (C=O) groups excluding carboxylic acids is 1. The lowest BCUT2D eigenvalue weighted by atomic mass is 9.87. The first-order valence-electron chi connectivity index (χ1n) is 9.84. The van der Waals surface area contributed by atoms with E-state index in [2.05, 4.69) is 63.2 Å². The number of carbonyl (C=O) groups is 1. The molecule has 0 spiro atoms. The molecular weight excluding hydrogens is 520 g/mol. The smallest absolute Gasteiger partial charge is 0.271 e. The molecule has 0 saturated carbocycles. The number of nitrogens with one attached hydrogen (secondary N) is 1. The highest BCUT2D eigenvalue weighted by Gasteiger charge is 2.14. The summed E-state index contributed by atoms with van der Waals surface area (Å²) in [5.74, 6) is 0.386. The molecule has 6 heteroatoms. The molecule has 0 atom stereocenters. The number of halogens is 2. The molecule has 3 aromatic rings. The highest BCUT2D eigenvalue weighted by molar-refractivity contribution is 9.11. The summed E-state index contributed by atoms with van der Waals surface area (Å²) < 4.78 is 7.69. The van der Waals surface area contributed by atoms with Crippen LogP contribution in [0.5, 0.6) is 5.75 Å². The Labute approximate surface area is 200 Å². The second-order valence-electron chi connectivity index (χ2n) is 8.11. The van der Waals surface area contributed by atoms with Gasteiger partial charge in [-0.2, -0.15) is 5.10 Å². The van der Waals surface area contributed by atoms with Gasteiger partial charge in [0, 0.05) is 15.6 Å². The van der Waals surface area contributed by atoms with Crippen LogP contribution < -0.4 is 10.2 Å². The third kappa shape index (κ3) is 6.52. The topological polar surface area (TPSA) is 50.7 Å². The van der Waals surface area contributed by atoms with Crippen LogP contribution in [-0.4, -0.2) is 12.1 Å². The molecule has 0 saturated heterocycles. The van der Waals surface area contributed by atoms with E-state index >= 15 is 0 Å². The second kappa shape index (κ2) is 10.2. The molecule has 0 aliphatic carbocycles. The van der Waals surface area contributed by atoms with Crippen molar-refractivity contribution in [1.82, 2.24) is 5.43 Å². The van der Waals surface area contributed by atoms with Crippen molar-refractivity contribution in [3.8, 4) is 5.75 Å². The fourth-order valence-electron chi connectivity index (χ4n) is 2.90. The number of amides is 1. The van der Waals surface area contributed by atoms with Crippen molar-refractivity contribution >= 4 is 44.0 Å². The average molecular weight is 544 g/mol. The van der Waals surface area contributed by atoms with Crippen LogP contribution in [0.2, 0.25) is 0 Å². The van der Waals surface area contributed by atoms with Crippen molar-refractivity contribution in [2.75, 3.05) is 0 Å². The van der Waals surface area contributed by atoms with Gasteiger partial charge in [-0.1, -0.05) is 79.2 Å². The van der Waals surface area contributed by atoms with Crippen LogP contribution in [0.25, 0.3) is 0 Å². The van der Waals surface area contributed by atoms with Crippen molar-refractivity contribution in [1.29, 1.82) is 0 Å². The lowest BCUT2D eigenvalue weighted by Gasteiger charge is -2.18. The number of hydrogen-bond donors (Lipinski definition) is 1. The zero-order valence-electron chi connectivity index (χ0n) is 17.7. The minimum absolute atomic E-state index is 0.0391. The van der Waals surface area contributed by atoms with Crippen molar-refractivity contribution in [2.45, 2.75) is 32.8 Å². The molecule has 1 amide bonds. The molecule has 0 aliphatic heterocycles. The highest BCUT2D eigenvalue weighted by atomic mass is 79.9. The predicted octanol–water partition coefficient (Wildman–Crippen LogP) is 6.85. The highest BCUT2D eigenvalue weighted by Crippen LogP contribution is 2.32. The number of rotatable bonds is 6. The Hall–Kier alpha value is -2.44. The summed E-state index contributed by atoms with van der Waals surface area (Å²) in [6, 6.07) is 21.3. The monoisotopic (exact) mass is 542 g/mol. The summed E-state index contributed by atoms with van der Waals surface area (Å²) in [5.41, 5.74) is 6.16. The summed E-state index contributed by atoms with van der Waals surface area (Å²) >= 11 is 7.04. The van der Waals surface area contributed by atoms with Crippen LogP contribution in [0.4, 0.5) is 0 Å². The lowest BCUT2D eigenvalue weighted by molar-refractivity contribution is 0.0955. The van der Waals surface area contributed by atoms with Crippen molar-refractivity contribution in [3.05, 3.63) is 97.9 Å². The third-order valence-electron chi connectivity index (χ3n) is 4.65. The van der Waals surface area contributed by atoms with Crippen LogP contribution >= 0.6 is 31.9 Å². The minimum Gasteiger partial charge on any atom is -0.487 e. The van der Waals surface area contributed by atoms with Gasteiger partial charge in [-0.15, -0.1) is 0 Å². The first-order valence-corrected chi connectivity index (χ1v) is 11.4. The molecule has 0 aromatic heterocycles. The van der Waals surface area contributed by atoms with Crippen molar-refractivity contribution < 1.29 is 9.53 Å². The lowest BCUT2D eigenvalue weighted by Crippen LogP contribution is -2.18. The molecule has 1 N–H and O–H groups in total. The zero-order valence-corrected chi connectivity index (χ0v) is 20.8. The molecule has 0 bridgehead atoms. The number of ether oxygens (including phenoxy) is 1. The number of hydrogen-bond acceptors (Lipinski definition) is 3. The van der Waals surface area contributed by atoms with Gasteiger partial charge in [0.25, 0.3) is 5.91 Å². The minimum atomic E-state index is -0.266. The zero-order chi connectivity index (χ0) is 22.4. The van der Waals surface area contributed by atoms with E-state index in [4.69, 9.17) is 4.74 Å². The summed E-state index contributed by atoms with van der Waals surface area (Å²) in [6.07, 6.45) is 1.58. The second-order valence-corrected chi connectivity index (χ2v) is 9.88. The Morgan fingerprint density at radius 1 is 1.03 bits per heavy atom. The first-order chi connectivity index (χ1) is 14.7. The molecule has 0 fully saturated rings. The standard InChI is InChI=1S/C25H24Br2N2O2/c1-25(2,3)20-11-9-18(10-12-20)24(30)29-28-15-19-13-21(26)14-22(27)23(19)31-16-17-7-5-4-6-8-17/h4-15H,16H2,1-3H3,(H,29,30)/b28-15-. The Kier molecular flexibility index (Phi) is 7.68. The molecule has 160 valence electrons. The molecule has 3 aromatic carbocycles. The molecule has 0 unspecified atom stereocenters. The maximum Gasteiger partial charge on any atom is 0.271 e. The van der Waals surface area contributed by atoms with Gasteiger partial charge in [0.15, 0.2) is 0 Å². The van der Waals surface area contributed by atoms with E-state index in [1.54, 1.807) is 6.21 Å². The van der Waals surface area contributed by atoms with E-state index < -0.39 is 0 Å². The largest absolute Gasteiger partial charge is 0.487 e. The van der Waals surface area contributed by atoms with E-state index in [9.17, 15) is 4.79 Å². The Balaban J connectivity index is 1.71. The van der Waals surface area contributed by atoms with E-state index in [1.165, 1.54) is 5.56 Å². The molecule has 0 heterocycles. The van der Waals surface area contributed by atoms with Gasteiger partial charge < -0.3 is 4.74 Å². The summed E-state index contributed by atoms with van der Waals surface area (Å²) in [5, 5.41) is 4.14. The van der Waals surface area contributed by atoms with E-state index in [0.717, 1.165) is 20.1 Å². The van der Waals surface area contributed by atoms with E-state index in [-0.39, 0.29) is 11.3 Å². The Morgan fingerprint density at radius 2 is 1.71 bits per heavy atom. The van der Waals surface area contributed by atoms with Crippen LogP contribution in [-0.2, 0) is 12.0 Å². The fourth-order valence-corrected chi connectivity index (χ4v) is 4.28. The Bertz CT molecular complexity index is 1070. The molecule has 3 rings (SSSR count). The van der Waals surface area contributed by atoms with Crippen LogP contribution in [0.15, 0.2) is 80.8 Å². The van der Waals surface area contributed by atoms with Crippen LogP contribution in [0.1, 0.15) is 47.8 Å². The van der Waals surface area contributed by atoms with Gasteiger partial charge in [0.05, 0.1) is 10.7 Å². The maximum atomic E-state index is 12.5. The predicted molar refractivity (Wildman–Crippen MR) is 133 cm³/mol. The third-order valence-corrected chi connectivity index (χ3v) is 5.69. The maximum absolute atomic E-state index is 12.5. The van der Waals surface area contributed by atoms with Crippen molar-refractivity contribution in [2.24, 2.45) is 5.10 Å². The fraction of sp³-hybridized carbons (Fsp3) is 0.200. The van der Waals surface area contributed by atoms with Gasteiger partial charge in [0.1, 0.15) is 12.4 Å². The summed E-state index contributed by atoms with van der Waals surface area (Å²) in [6.45, 7) is 6.84. The quantitative estimate of drug-likeness (QED) is 0.273. The number of benzene rings is 3. The average Bonchev–Trinajstić information content (AvgIpc) is 2.73. The van der Waals surface area contributed by atoms with Gasteiger partial charge in [-0.25, -0.2) is 5.43 Å². The Morgan fingerprint density at radius 3 is 2.35 bits per heavy atom. The SMILES string of the molecule is CC(C)(C)c1ccc(C(=O)N/N=C\c2cc(Br)cc(Br)c2OCc2ccccc2)cc1. The van der Waals surface area contributed by atoms with Gasteiger partial charge in [-0.05, 0) is 56.7 Å². The van der Waals surface area contributed by atoms with Crippen LogP contribution in [0, 0.1) is 0 Å². The normalized spacial score (nSPS) is 11.5. The van der Waals surface area contributed by atoms with Crippen LogP contribution in [0.3, 0.4) is 0 Å². The van der Waals surface area contributed by atoms with Gasteiger partial charge in [0.2, 0.25) is 0 Å². The van der Waals surface area contributed by atoms with E-state index in [1.807, 2.05) is 66.7 Å². The van der Waals surface area contributed by atoms with Crippen molar-refractivity contribution in [3.63, 3.8) is 0 Å².